The third-order valence-electron chi connectivity index (χ3n) is 4.44. The summed E-state index contributed by atoms with van der Waals surface area (Å²) < 4.78 is 0. The van der Waals surface area contributed by atoms with Crippen molar-refractivity contribution >= 4 is 36.6 Å². The van der Waals surface area contributed by atoms with Gasteiger partial charge in [-0.05, 0) is 18.4 Å². The SMILES string of the molecule is CN(C)C(=O)CN1CCC(NC(=O)CC(N)c2ccccc2)CC1.Cl.Cl. The van der Waals surface area contributed by atoms with Crippen LogP contribution in [0.3, 0.4) is 0 Å². The molecule has 2 amide bonds. The minimum Gasteiger partial charge on any atom is -0.353 e. The standard InChI is InChI=1S/C18H28N4O2.2ClH/c1-21(2)18(24)13-22-10-8-15(9-11-22)20-17(23)12-16(19)14-6-4-3-5-7-14;;/h3-7,15-16H,8-13,19H2,1-2H3,(H,20,23);2*1H. The lowest BCUT2D eigenvalue weighted by Crippen LogP contribution is -2.47. The van der Waals surface area contributed by atoms with Crippen LogP contribution >= 0.6 is 24.8 Å². The van der Waals surface area contributed by atoms with Crippen LogP contribution in [-0.4, -0.2) is 61.4 Å². The predicted octanol–water partition coefficient (Wildman–Crippen LogP) is 1.59. The summed E-state index contributed by atoms with van der Waals surface area (Å²) in [6, 6.07) is 9.58. The molecule has 1 saturated heterocycles. The molecule has 148 valence electrons. The van der Waals surface area contributed by atoms with Gasteiger partial charge in [-0.25, -0.2) is 0 Å². The molecule has 2 rings (SSSR count). The second-order valence-electron chi connectivity index (χ2n) is 6.63. The van der Waals surface area contributed by atoms with Gasteiger partial charge < -0.3 is 16.0 Å². The lowest BCUT2D eigenvalue weighted by molar-refractivity contribution is -0.130. The summed E-state index contributed by atoms with van der Waals surface area (Å²) in [6.45, 7) is 2.11. The summed E-state index contributed by atoms with van der Waals surface area (Å²) in [5, 5.41) is 3.08. The average Bonchev–Trinajstić information content (AvgIpc) is 2.57. The van der Waals surface area contributed by atoms with Gasteiger partial charge in [0.2, 0.25) is 11.8 Å². The Morgan fingerprint density at radius 1 is 1.19 bits per heavy atom. The van der Waals surface area contributed by atoms with Gasteiger partial charge in [0.25, 0.3) is 0 Å². The summed E-state index contributed by atoms with van der Waals surface area (Å²) in [5.41, 5.74) is 7.07. The minimum atomic E-state index is -0.274. The number of benzene rings is 1. The molecule has 0 bridgehead atoms. The Morgan fingerprint density at radius 2 is 1.77 bits per heavy atom. The van der Waals surface area contributed by atoms with E-state index in [1.807, 2.05) is 30.3 Å². The van der Waals surface area contributed by atoms with Crippen molar-refractivity contribution in [1.29, 1.82) is 0 Å². The van der Waals surface area contributed by atoms with Crippen molar-refractivity contribution in [3.05, 3.63) is 35.9 Å². The fourth-order valence-corrected chi connectivity index (χ4v) is 2.87. The number of rotatable bonds is 6. The van der Waals surface area contributed by atoms with E-state index in [0.717, 1.165) is 31.5 Å². The Bertz CT molecular complexity index is 549. The first-order valence-corrected chi connectivity index (χ1v) is 8.48. The van der Waals surface area contributed by atoms with E-state index in [2.05, 4.69) is 10.2 Å². The third kappa shape index (κ3) is 7.91. The topological polar surface area (TPSA) is 78.7 Å². The van der Waals surface area contributed by atoms with Crippen LogP contribution in [0.2, 0.25) is 0 Å². The third-order valence-corrected chi connectivity index (χ3v) is 4.44. The van der Waals surface area contributed by atoms with Crippen molar-refractivity contribution in [1.82, 2.24) is 15.1 Å². The van der Waals surface area contributed by atoms with Gasteiger partial charge >= 0.3 is 0 Å². The maximum atomic E-state index is 12.2. The molecule has 0 spiro atoms. The lowest BCUT2D eigenvalue weighted by atomic mass is 10.0. The van der Waals surface area contributed by atoms with Crippen molar-refractivity contribution in [2.45, 2.75) is 31.3 Å². The van der Waals surface area contributed by atoms with Crippen LogP contribution in [-0.2, 0) is 9.59 Å². The van der Waals surface area contributed by atoms with Crippen LogP contribution in [0.1, 0.15) is 30.9 Å². The van der Waals surface area contributed by atoms with Gasteiger partial charge in [-0.2, -0.15) is 0 Å². The van der Waals surface area contributed by atoms with Crippen molar-refractivity contribution < 1.29 is 9.59 Å². The highest BCUT2D eigenvalue weighted by Crippen LogP contribution is 2.15. The first kappa shape index (κ1) is 24.7. The summed E-state index contributed by atoms with van der Waals surface area (Å²) >= 11 is 0. The fraction of sp³-hybridized carbons (Fsp3) is 0.556. The zero-order valence-corrected chi connectivity index (χ0v) is 17.0. The fourth-order valence-electron chi connectivity index (χ4n) is 2.87. The average molecular weight is 405 g/mol. The molecule has 0 radical (unpaired) electrons. The number of amides is 2. The van der Waals surface area contributed by atoms with Gasteiger partial charge in [0.15, 0.2) is 0 Å². The van der Waals surface area contributed by atoms with Gasteiger partial charge in [0.1, 0.15) is 0 Å². The predicted molar refractivity (Wildman–Crippen MR) is 109 cm³/mol. The molecule has 1 heterocycles. The van der Waals surface area contributed by atoms with Gasteiger partial charge in [0, 0.05) is 45.7 Å². The molecule has 0 saturated carbocycles. The number of nitrogens with two attached hydrogens (primary N) is 1. The Balaban J connectivity index is 0.00000312. The number of likely N-dealkylation sites (N-methyl/N-ethyl adjacent to an activating group) is 1. The first-order chi connectivity index (χ1) is 11.5. The van der Waals surface area contributed by atoms with Gasteiger partial charge in [-0.3, -0.25) is 14.5 Å². The van der Waals surface area contributed by atoms with E-state index >= 15 is 0 Å². The minimum absolute atomic E-state index is 0. The van der Waals surface area contributed by atoms with Gasteiger partial charge in [0.05, 0.1) is 6.54 Å². The van der Waals surface area contributed by atoms with Crippen molar-refractivity contribution in [2.75, 3.05) is 33.7 Å². The van der Waals surface area contributed by atoms with Crippen molar-refractivity contribution in [3.63, 3.8) is 0 Å². The maximum absolute atomic E-state index is 12.2. The van der Waals surface area contributed by atoms with E-state index in [-0.39, 0.29) is 48.7 Å². The normalized spacial score (nSPS) is 16.0. The number of carbonyl (C=O) groups is 2. The number of nitrogens with one attached hydrogen (secondary N) is 1. The number of hydrogen-bond acceptors (Lipinski definition) is 4. The van der Waals surface area contributed by atoms with Crippen molar-refractivity contribution in [3.8, 4) is 0 Å². The number of hydrogen-bond donors (Lipinski definition) is 2. The summed E-state index contributed by atoms with van der Waals surface area (Å²) in [5.74, 6) is 0.112. The highest BCUT2D eigenvalue weighted by Gasteiger charge is 2.23. The molecule has 1 aromatic rings. The molecule has 1 unspecified atom stereocenters. The summed E-state index contributed by atoms with van der Waals surface area (Å²) in [4.78, 5) is 27.7. The van der Waals surface area contributed by atoms with Crippen LogP contribution in [0.4, 0.5) is 0 Å². The molecule has 0 aliphatic carbocycles. The van der Waals surface area contributed by atoms with Crippen molar-refractivity contribution in [2.24, 2.45) is 5.73 Å². The van der Waals surface area contributed by atoms with E-state index in [9.17, 15) is 9.59 Å². The molecule has 1 aliphatic heterocycles. The smallest absolute Gasteiger partial charge is 0.236 e. The Morgan fingerprint density at radius 3 is 2.31 bits per heavy atom. The molecular weight excluding hydrogens is 375 g/mol. The zero-order chi connectivity index (χ0) is 17.5. The molecule has 3 N–H and O–H groups in total. The number of nitrogens with zero attached hydrogens (tertiary/aromatic N) is 2. The van der Waals surface area contributed by atoms with E-state index < -0.39 is 0 Å². The summed E-state index contributed by atoms with van der Waals surface area (Å²) in [6.07, 6.45) is 2.03. The number of piperidine rings is 1. The first-order valence-electron chi connectivity index (χ1n) is 8.48. The summed E-state index contributed by atoms with van der Waals surface area (Å²) in [7, 11) is 3.54. The quantitative estimate of drug-likeness (QED) is 0.754. The lowest BCUT2D eigenvalue weighted by Gasteiger charge is -2.32. The highest BCUT2D eigenvalue weighted by molar-refractivity contribution is 5.85. The number of carbonyl (C=O) groups excluding carboxylic acids is 2. The van der Waals surface area contributed by atoms with E-state index in [4.69, 9.17) is 5.73 Å². The number of halogens is 2. The van der Waals surface area contributed by atoms with Crippen LogP contribution in [0.5, 0.6) is 0 Å². The van der Waals surface area contributed by atoms with E-state index in [1.165, 1.54) is 0 Å². The monoisotopic (exact) mass is 404 g/mol. The molecular formula is C18H30Cl2N4O2. The zero-order valence-electron chi connectivity index (χ0n) is 15.4. The Hall–Kier alpha value is -1.34. The van der Waals surface area contributed by atoms with Crippen LogP contribution in [0, 0.1) is 0 Å². The maximum Gasteiger partial charge on any atom is 0.236 e. The highest BCUT2D eigenvalue weighted by atomic mass is 35.5. The molecule has 8 heteroatoms. The van der Waals surface area contributed by atoms with E-state index in [1.54, 1.807) is 19.0 Å². The molecule has 26 heavy (non-hydrogen) atoms. The second-order valence-corrected chi connectivity index (χ2v) is 6.63. The van der Waals surface area contributed by atoms with Gasteiger partial charge in [-0.1, -0.05) is 30.3 Å². The Labute approximate surface area is 168 Å². The Kier molecular flexibility index (Phi) is 11.5. The largest absolute Gasteiger partial charge is 0.353 e. The second kappa shape index (κ2) is 12.1. The van der Waals surface area contributed by atoms with Crippen LogP contribution in [0.25, 0.3) is 0 Å². The molecule has 1 aliphatic rings. The molecule has 1 atom stereocenters. The molecule has 1 fully saturated rings. The molecule has 6 nitrogen and oxygen atoms in total. The van der Waals surface area contributed by atoms with Crippen LogP contribution in [0.15, 0.2) is 30.3 Å². The number of likely N-dealkylation sites (tertiary alicyclic amines) is 1. The van der Waals surface area contributed by atoms with Crippen LogP contribution < -0.4 is 11.1 Å². The molecule has 1 aromatic carbocycles. The van der Waals surface area contributed by atoms with Gasteiger partial charge in [-0.15, -0.1) is 24.8 Å². The van der Waals surface area contributed by atoms with E-state index in [0.29, 0.717) is 13.0 Å². The molecule has 0 aromatic heterocycles.